The molecule has 0 aromatic rings. The molecule has 0 N–H and O–H groups in total. The molecule has 4 nitrogen and oxygen atoms in total. The van der Waals surface area contributed by atoms with E-state index < -0.39 is 9.84 Å². The second-order valence-electron chi connectivity index (χ2n) is 7.14. The molecule has 0 heterocycles. The Morgan fingerprint density at radius 2 is 1.76 bits per heavy atom. The van der Waals surface area contributed by atoms with Crippen molar-refractivity contribution in [3.05, 3.63) is 0 Å². The van der Waals surface area contributed by atoms with Gasteiger partial charge in [-0.1, -0.05) is 32.1 Å². The summed E-state index contributed by atoms with van der Waals surface area (Å²) in [5.41, 5.74) is 0. The fraction of sp³-hybridized carbons (Fsp3) is 0.938. The monoisotopic (exact) mass is 315 g/mol. The molecule has 0 saturated heterocycles. The molecule has 2 aliphatic carbocycles. The smallest absolute Gasteiger partial charge is 0.225 e. The van der Waals surface area contributed by atoms with Gasteiger partial charge in [0.25, 0.3) is 0 Å². The fourth-order valence-corrected chi connectivity index (χ4v) is 5.37. The molecule has 4 atom stereocenters. The first-order valence-corrected chi connectivity index (χ1v) is 10.3. The topological polar surface area (TPSA) is 54.5 Å². The Morgan fingerprint density at radius 1 is 1.14 bits per heavy atom. The van der Waals surface area contributed by atoms with Crippen LogP contribution in [0.15, 0.2) is 0 Å². The van der Waals surface area contributed by atoms with Gasteiger partial charge in [0.1, 0.15) is 9.84 Å². The van der Waals surface area contributed by atoms with Crippen LogP contribution in [-0.4, -0.2) is 44.3 Å². The first-order valence-electron chi connectivity index (χ1n) is 8.24. The number of hydrogen-bond acceptors (Lipinski definition) is 3. The number of rotatable bonds is 4. The van der Waals surface area contributed by atoms with E-state index in [1.165, 1.54) is 38.4 Å². The molecule has 0 aromatic heterocycles. The minimum absolute atomic E-state index is 0.0516. The van der Waals surface area contributed by atoms with Crippen molar-refractivity contribution >= 4 is 15.7 Å². The lowest BCUT2D eigenvalue weighted by atomic mass is 9.65. The molecule has 0 aliphatic heterocycles. The summed E-state index contributed by atoms with van der Waals surface area (Å²) in [5.74, 6) is 1.60. The Bertz CT molecular complexity index is 472. The standard InChI is InChI=1S/C16H29NO3S/c1-12(11-21(3,19)20)17(2)16(18)15-10-6-8-13-7-4-5-9-14(13)15/h12-15H,4-11H2,1-3H3. The third-order valence-electron chi connectivity index (χ3n) is 5.44. The van der Waals surface area contributed by atoms with Gasteiger partial charge in [0.15, 0.2) is 0 Å². The van der Waals surface area contributed by atoms with Gasteiger partial charge in [-0.2, -0.15) is 0 Å². The highest BCUT2D eigenvalue weighted by Crippen LogP contribution is 2.44. The van der Waals surface area contributed by atoms with Gasteiger partial charge in [-0.15, -0.1) is 0 Å². The SMILES string of the molecule is CC(CS(C)(=O)=O)N(C)C(=O)C1CCCC2CCCCC21. The molecule has 2 rings (SSSR count). The van der Waals surface area contributed by atoms with Gasteiger partial charge in [-0.25, -0.2) is 8.42 Å². The van der Waals surface area contributed by atoms with Crippen LogP contribution < -0.4 is 0 Å². The molecule has 5 heteroatoms. The average Bonchev–Trinajstić information content (AvgIpc) is 2.43. The average molecular weight is 315 g/mol. The summed E-state index contributed by atoms with van der Waals surface area (Å²) >= 11 is 0. The highest BCUT2D eigenvalue weighted by atomic mass is 32.2. The van der Waals surface area contributed by atoms with Crippen molar-refractivity contribution in [2.75, 3.05) is 19.1 Å². The van der Waals surface area contributed by atoms with Crippen molar-refractivity contribution in [2.24, 2.45) is 17.8 Å². The van der Waals surface area contributed by atoms with Crippen molar-refractivity contribution in [3.8, 4) is 0 Å². The van der Waals surface area contributed by atoms with Gasteiger partial charge >= 0.3 is 0 Å². The molecule has 122 valence electrons. The number of carbonyl (C=O) groups is 1. The zero-order chi connectivity index (χ0) is 15.6. The van der Waals surface area contributed by atoms with Crippen LogP contribution in [-0.2, 0) is 14.6 Å². The Kier molecular flexibility index (Phi) is 5.33. The second kappa shape index (κ2) is 6.67. The van der Waals surface area contributed by atoms with Crippen molar-refractivity contribution in [3.63, 3.8) is 0 Å². The van der Waals surface area contributed by atoms with E-state index in [9.17, 15) is 13.2 Å². The van der Waals surface area contributed by atoms with Gasteiger partial charge in [0.05, 0.1) is 5.75 Å². The van der Waals surface area contributed by atoms with Gasteiger partial charge in [0.2, 0.25) is 5.91 Å². The van der Waals surface area contributed by atoms with Crippen LogP contribution in [0.25, 0.3) is 0 Å². The maximum absolute atomic E-state index is 12.8. The van der Waals surface area contributed by atoms with Crippen molar-refractivity contribution in [1.29, 1.82) is 0 Å². The first kappa shape index (κ1) is 16.8. The maximum atomic E-state index is 12.8. The van der Waals surface area contributed by atoms with Crippen LogP contribution in [0, 0.1) is 17.8 Å². The molecule has 1 amide bonds. The number of amides is 1. The highest BCUT2D eigenvalue weighted by Gasteiger charge is 2.40. The normalized spacial score (nSPS) is 31.3. The molecule has 2 aliphatic rings. The molecule has 0 aromatic carbocycles. The van der Waals surface area contributed by atoms with Crippen LogP contribution >= 0.6 is 0 Å². The summed E-state index contributed by atoms with van der Waals surface area (Å²) in [5, 5.41) is 0. The number of hydrogen-bond donors (Lipinski definition) is 0. The lowest BCUT2D eigenvalue weighted by molar-refractivity contribution is -0.140. The summed E-state index contributed by atoms with van der Waals surface area (Å²) in [6, 6.07) is -0.239. The van der Waals surface area contributed by atoms with Crippen molar-refractivity contribution < 1.29 is 13.2 Å². The molecule has 4 unspecified atom stereocenters. The van der Waals surface area contributed by atoms with E-state index in [1.807, 2.05) is 6.92 Å². The van der Waals surface area contributed by atoms with E-state index in [1.54, 1.807) is 11.9 Å². The lowest BCUT2D eigenvalue weighted by Crippen LogP contribution is -2.46. The summed E-state index contributed by atoms with van der Waals surface area (Å²) < 4.78 is 22.9. The van der Waals surface area contributed by atoms with Gasteiger partial charge < -0.3 is 4.90 Å². The molecular weight excluding hydrogens is 286 g/mol. The minimum Gasteiger partial charge on any atom is -0.342 e. The minimum atomic E-state index is -3.05. The third kappa shape index (κ3) is 4.21. The summed E-state index contributed by atoms with van der Waals surface area (Å²) in [7, 11) is -1.28. The second-order valence-corrected chi connectivity index (χ2v) is 9.32. The Labute approximate surface area is 129 Å². The number of fused-ring (bicyclic) bond motifs is 1. The molecule has 0 spiro atoms. The maximum Gasteiger partial charge on any atom is 0.225 e. The highest BCUT2D eigenvalue weighted by molar-refractivity contribution is 7.90. The van der Waals surface area contributed by atoms with Crippen molar-refractivity contribution in [1.82, 2.24) is 4.90 Å². The Morgan fingerprint density at radius 3 is 2.43 bits per heavy atom. The van der Waals surface area contributed by atoms with Crippen LogP contribution in [0.1, 0.15) is 51.9 Å². The summed E-state index contributed by atoms with van der Waals surface area (Å²) in [6.07, 6.45) is 9.64. The van der Waals surface area contributed by atoms with Gasteiger partial charge in [0, 0.05) is 25.3 Å². The predicted octanol–water partition coefficient (Wildman–Crippen LogP) is 2.48. The number of sulfone groups is 1. The predicted molar refractivity (Wildman–Crippen MR) is 84.7 cm³/mol. The number of carbonyl (C=O) groups excluding carboxylic acids is 1. The van der Waals surface area contributed by atoms with E-state index in [-0.39, 0.29) is 23.6 Å². The molecule has 2 saturated carbocycles. The zero-order valence-corrected chi connectivity index (χ0v) is 14.4. The molecular formula is C16H29NO3S. The van der Waals surface area contributed by atoms with E-state index in [0.29, 0.717) is 5.92 Å². The van der Waals surface area contributed by atoms with Gasteiger partial charge in [-0.3, -0.25) is 4.79 Å². The van der Waals surface area contributed by atoms with Crippen LogP contribution in [0.4, 0.5) is 0 Å². The molecule has 0 bridgehead atoms. The molecule has 21 heavy (non-hydrogen) atoms. The summed E-state index contributed by atoms with van der Waals surface area (Å²) in [6.45, 7) is 1.83. The number of nitrogens with zero attached hydrogens (tertiary/aromatic N) is 1. The Hall–Kier alpha value is -0.580. The third-order valence-corrected chi connectivity index (χ3v) is 6.53. The Balaban J connectivity index is 2.03. The van der Waals surface area contributed by atoms with Crippen molar-refractivity contribution in [2.45, 2.75) is 57.9 Å². The van der Waals surface area contributed by atoms with Crippen LogP contribution in [0.5, 0.6) is 0 Å². The first-order chi connectivity index (χ1) is 9.79. The zero-order valence-electron chi connectivity index (χ0n) is 13.5. The fourth-order valence-electron chi connectivity index (χ4n) is 4.27. The lowest BCUT2D eigenvalue weighted by Gasteiger charge is -2.42. The quantitative estimate of drug-likeness (QED) is 0.801. The molecule has 2 fully saturated rings. The van der Waals surface area contributed by atoms with Gasteiger partial charge in [-0.05, 0) is 31.6 Å². The van der Waals surface area contributed by atoms with E-state index in [4.69, 9.17) is 0 Å². The summed E-state index contributed by atoms with van der Waals surface area (Å²) in [4.78, 5) is 14.5. The molecule has 0 radical (unpaired) electrons. The van der Waals surface area contributed by atoms with E-state index in [2.05, 4.69) is 0 Å². The van der Waals surface area contributed by atoms with Crippen LogP contribution in [0.2, 0.25) is 0 Å². The van der Waals surface area contributed by atoms with E-state index >= 15 is 0 Å². The van der Waals surface area contributed by atoms with Crippen LogP contribution in [0.3, 0.4) is 0 Å². The van der Waals surface area contributed by atoms with E-state index in [0.717, 1.165) is 18.8 Å². The largest absolute Gasteiger partial charge is 0.342 e.